The SMILES string of the molecule is CCCCCCCCC(CCCC)OC(=O)CCCCCCC(=O)OCC(COP(=O)(O)OCCN(C)C)OC(=O)CCCCCCC(=O)OC(CCCC)CCCCCCCC. The fraction of sp³-hybridized carbons (Fsp3) is 0.918. The molecule has 0 heterocycles. The summed E-state index contributed by atoms with van der Waals surface area (Å²) >= 11 is 0. The smallest absolute Gasteiger partial charge is 0.462 e. The van der Waals surface area contributed by atoms with Crippen LogP contribution in [-0.4, -0.2) is 92.4 Å². The van der Waals surface area contributed by atoms with Crippen LogP contribution in [0.3, 0.4) is 0 Å². The van der Waals surface area contributed by atoms with Crippen LogP contribution in [0.4, 0.5) is 0 Å². The van der Waals surface area contributed by atoms with E-state index in [0.717, 1.165) is 83.5 Å². The number of esters is 4. The van der Waals surface area contributed by atoms with Crippen molar-refractivity contribution in [3.8, 4) is 0 Å². The first kappa shape index (κ1) is 60.9. The number of rotatable bonds is 46. The molecule has 372 valence electrons. The molecule has 13 nitrogen and oxygen atoms in total. The predicted molar refractivity (Wildman–Crippen MR) is 251 cm³/mol. The topological polar surface area (TPSA) is 164 Å². The van der Waals surface area contributed by atoms with Gasteiger partial charge >= 0.3 is 31.7 Å². The maximum atomic E-state index is 12.8. The van der Waals surface area contributed by atoms with E-state index in [2.05, 4.69) is 27.7 Å². The van der Waals surface area contributed by atoms with Crippen LogP contribution in [0, 0.1) is 0 Å². The highest BCUT2D eigenvalue weighted by molar-refractivity contribution is 7.47. The number of hydrogen-bond donors (Lipinski definition) is 1. The molecule has 0 saturated carbocycles. The van der Waals surface area contributed by atoms with E-state index >= 15 is 0 Å². The van der Waals surface area contributed by atoms with Crippen molar-refractivity contribution in [3.05, 3.63) is 0 Å². The van der Waals surface area contributed by atoms with Gasteiger partial charge in [0.25, 0.3) is 0 Å². The van der Waals surface area contributed by atoms with Gasteiger partial charge < -0.3 is 28.7 Å². The molecule has 0 radical (unpaired) electrons. The minimum absolute atomic E-state index is 0.00620. The highest BCUT2D eigenvalue weighted by Crippen LogP contribution is 2.43. The van der Waals surface area contributed by atoms with Crippen LogP contribution in [0.1, 0.15) is 233 Å². The third-order valence-corrected chi connectivity index (χ3v) is 12.1. The maximum absolute atomic E-state index is 12.8. The molecule has 0 bridgehead atoms. The molecule has 4 atom stereocenters. The van der Waals surface area contributed by atoms with Crippen molar-refractivity contribution in [3.63, 3.8) is 0 Å². The van der Waals surface area contributed by atoms with Crippen molar-refractivity contribution in [1.29, 1.82) is 0 Å². The van der Waals surface area contributed by atoms with Gasteiger partial charge in [-0.3, -0.25) is 28.2 Å². The summed E-state index contributed by atoms with van der Waals surface area (Å²) < 4.78 is 45.2. The Hall–Kier alpha value is -2.05. The van der Waals surface area contributed by atoms with Crippen molar-refractivity contribution in [2.75, 3.05) is 40.5 Å². The fourth-order valence-electron chi connectivity index (χ4n) is 7.14. The Balaban J connectivity index is 4.73. The lowest BCUT2D eigenvalue weighted by Gasteiger charge is -2.20. The zero-order chi connectivity index (χ0) is 46.8. The molecule has 4 unspecified atom stereocenters. The lowest BCUT2D eigenvalue weighted by atomic mass is 10.0. The Morgan fingerprint density at radius 2 is 0.794 bits per heavy atom. The second kappa shape index (κ2) is 42.6. The summed E-state index contributed by atoms with van der Waals surface area (Å²) in [5.41, 5.74) is 0. The highest BCUT2D eigenvalue weighted by atomic mass is 31.2. The van der Waals surface area contributed by atoms with Crippen LogP contribution in [0.5, 0.6) is 0 Å². The van der Waals surface area contributed by atoms with E-state index in [0.29, 0.717) is 51.5 Å². The third kappa shape index (κ3) is 41.1. The summed E-state index contributed by atoms with van der Waals surface area (Å²) in [4.78, 5) is 62.5. The van der Waals surface area contributed by atoms with Gasteiger partial charge in [-0.25, -0.2) is 4.57 Å². The van der Waals surface area contributed by atoms with Crippen LogP contribution < -0.4 is 0 Å². The second-order valence-electron chi connectivity index (χ2n) is 17.6. The van der Waals surface area contributed by atoms with Gasteiger partial charge in [0.05, 0.1) is 13.2 Å². The second-order valence-corrected chi connectivity index (χ2v) is 19.1. The number of phosphoric ester groups is 1. The molecule has 0 spiro atoms. The molecule has 0 fully saturated rings. The van der Waals surface area contributed by atoms with Crippen molar-refractivity contribution in [2.45, 2.75) is 251 Å². The van der Waals surface area contributed by atoms with E-state index in [-0.39, 0.29) is 50.2 Å². The molecule has 0 aliphatic rings. The van der Waals surface area contributed by atoms with Crippen molar-refractivity contribution in [2.24, 2.45) is 0 Å². The number of hydrogen-bond acceptors (Lipinski definition) is 12. The number of ether oxygens (including phenoxy) is 4. The van der Waals surface area contributed by atoms with Crippen LogP contribution in [0.2, 0.25) is 0 Å². The van der Waals surface area contributed by atoms with E-state index < -0.39 is 32.5 Å². The molecule has 0 saturated heterocycles. The van der Waals surface area contributed by atoms with E-state index in [1.165, 1.54) is 64.2 Å². The van der Waals surface area contributed by atoms with E-state index in [1.54, 1.807) is 19.0 Å². The predicted octanol–water partition coefficient (Wildman–Crippen LogP) is 12.5. The first-order chi connectivity index (χ1) is 30.3. The summed E-state index contributed by atoms with van der Waals surface area (Å²) in [5.74, 6) is -1.35. The summed E-state index contributed by atoms with van der Waals surface area (Å²) in [6.45, 7) is 8.24. The molecular formula is C49H94NO12P. The molecule has 63 heavy (non-hydrogen) atoms. The normalized spacial score (nSPS) is 13.9. The van der Waals surface area contributed by atoms with Crippen molar-refractivity contribution >= 4 is 31.7 Å². The number of phosphoric acid groups is 1. The van der Waals surface area contributed by atoms with Gasteiger partial charge in [-0.2, -0.15) is 0 Å². The third-order valence-electron chi connectivity index (χ3n) is 11.1. The van der Waals surface area contributed by atoms with Crippen LogP contribution in [0.25, 0.3) is 0 Å². The van der Waals surface area contributed by atoms with Gasteiger partial charge in [0.2, 0.25) is 0 Å². The molecule has 14 heteroatoms. The summed E-state index contributed by atoms with van der Waals surface area (Å²) in [7, 11) is -0.857. The first-order valence-corrected chi connectivity index (χ1v) is 26.9. The Morgan fingerprint density at radius 1 is 0.444 bits per heavy atom. The fourth-order valence-corrected chi connectivity index (χ4v) is 7.88. The molecule has 0 aliphatic carbocycles. The van der Waals surface area contributed by atoms with Crippen LogP contribution >= 0.6 is 7.82 Å². The minimum Gasteiger partial charge on any atom is -0.462 e. The minimum atomic E-state index is -4.45. The standard InChI is InChI=1S/C49H94NO12P/c1-7-11-15-17-19-25-33-43(31-13-9-3)60-47(52)36-28-22-21-27-35-46(51)57-41-45(42-59-63(55,56)58-40-39-50(5)6)62-49(54)38-30-24-23-29-37-48(53)61-44(32-14-10-4)34-26-20-18-16-12-8-2/h43-45H,7-42H2,1-6H3,(H,55,56). The monoisotopic (exact) mass is 920 g/mol. The highest BCUT2D eigenvalue weighted by Gasteiger charge is 2.26. The van der Waals surface area contributed by atoms with Crippen LogP contribution in [-0.2, 0) is 51.7 Å². The van der Waals surface area contributed by atoms with Crippen molar-refractivity contribution in [1.82, 2.24) is 4.90 Å². The lowest BCUT2D eigenvalue weighted by molar-refractivity contribution is -0.161. The van der Waals surface area contributed by atoms with Crippen LogP contribution in [0.15, 0.2) is 0 Å². The molecule has 0 amide bonds. The Morgan fingerprint density at radius 3 is 1.21 bits per heavy atom. The number of carbonyl (C=O) groups excluding carboxylic acids is 4. The Bertz CT molecular complexity index is 1170. The Kier molecular flexibility index (Phi) is 41.2. The molecule has 1 N–H and O–H groups in total. The van der Waals surface area contributed by atoms with Gasteiger partial charge in [-0.05, 0) is 78.3 Å². The summed E-state index contributed by atoms with van der Waals surface area (Å²) in [6.07, 6.45) is 27.7. The van der Waals surface area contributed by atoms with E-state index in [9.17, 15) is 28.6 Å². The van der Waals surface area contributed by atoms with Gasteiger partial charge in [0.15, 0.2) is 6.10 Å². The van der Waals surface area contributed by atoms with Crippen molar-refractivity contribution < 1.29 is 56.6 Å². The van der Waals surface area contributed by atoms with E-state index in [4.69, 9.17) is 28.0 Å². The quantitative estimate of drug-likeness (QED) is 0.0266. The average molecular weight is 920 g/mol. The van der Waals surface area contributed by atoms with E-state index in [1.807, 2.05) is 0 Å². The lowest BCUT2D eigenvalue weighted by Crippen LogP contribution is -2.29. The number of likely N-dealkylation sites (N-methyl/N-ethyl adjacent to an activating group) is 1. The number of carbonyl (C=O) groups is 4. The maximum Gasteiger partial charge on any atom is 0.472 e. The molecule has 0 aromatic heterocycles. The zero-order valence-electron chi connectivity index (χ0n) is 41.0. The number of nitrogens with zero attached hydrogens (tertiary/aromatic N) is 1. The zero-order valence-corrected chi connectivity index (χ0v) is 41.9. The Labute approximate surface area is 384 Å². The van der Waals surface area contributed by atoms with Gasteiger partial charge in [0.1, 0.15) is 18.8 Å². The number of unbranched alkanes of at least 4 members (excludes halogenated alkanes) is 18. The van der Waals surface area contributed by atoms with Gasteiger partial charge in [-0.15, -0.1) is 0 Å². The van der Waals surface area contributed by atoms with Gasteiger partial charge in [-0.1, -0.05) is 143 Å². The van der Waals surface area contributed by atoms with Gasteiger partial charge in [0, 0.05) is 32.2 Å². The average Bonchev–Trinajstić information content (AvgIpc) is 3.24. The summed E-state index contributed by atoms with van der Waals surface area (Å²) in [5, 5.41) is 0. The largest absolute Gasteiger partial charge is 0.472 e. The first-order valence-electron chi connectivity index (χ1n) is 25.4. The molecule has 0 rings (SSSR count). The molecule has 0 aromatic rings. The molecule has 0 aromatic carbocycles. The molecular weight excluding hydrogens is 826 g/mol. The summed E-state index contributed by atoms with van der Waals surface area (Å²) in [6, 6.07) is 0. The molecule has 0 aliphatic heterocycles.